The van der Waals surface area contributed by atoms with Crippen LogP contribution in [0.2, 0.25) is 0 Å². The summed E-state index contributed by atoms with van der Waals surface area (Å²) in [6, 6.07) is 0.885. The summed E-state index contributed by atoms with van der Waals surface area (Å²) in [5.41, 5.74) is 0. The maximum absolute atomic E-state index is 11.7. The lowest BCUT2D eigenvalue weighted by molar-refractivity contribution is -0.753. The Balaban J connectivity index is 1.90. The van der Waals surface area contributed by atoms with Gasteiger partial charge < -0.3 is 15.5 Å². The monoisotopic (exact) mass is 313 g/mol. The van der Waals surface area contributed by atoms with Gasteiger partial charge in [-0.15, -0.1) is 0 Å². The van der Waals surface area contributed by atoms with E-state index in [0.29, 0.717) is 18.2 Å². The van der Waals surface area contributed by atoms with E-state index >= 15 is 0 Å². The highest BCUT2D eigenvalue weighted by Gasteiger charge is 2.23. The predicted molar refractivity (Wildman–Crippen MR) is 86.5 cm³/mol. The molecule has 130 valence electrons. The number of ketones is 1. The van der Waals surface area contributed by atoms with Crippen LogP contribution in [0.3, 0.4) is 0 Å². The van der Waals surface area contributed by atoms with E-state index in [1.165, 1.54) is 19.3 Å². The van der Waals surface area contributed by atoms with Gasteiger partial charge >= 0.3 is 0 Å². The van der Waals surface area contributed by atoms with Gasteiger partial charge in [-0.1, -0.05) is 31.8 Å². The van der Waals surface area contributed by atoms with Gasteiger partial charge in [0.25, 0.3) is 0 Å². The lowest BCUT2D eigenvalue weighted by Gasteiger charge is -2.36. The Morgan fingerprint density at radius 1 is 1.05 bits per heavy atom. The highest BCUT2D eigenvalue weighted by Crippen LogP contribution is 2.13. The number of carbonyl (C=O) groups is 1. The van der Waals surface area contributed by atoms with Crippen molar-refractivity contribution in [2.45, 2.75) is 102 Å². The van der Waals surface area contributed by atoms with Crippen LogP contribution >= 0.6 is 0 Å². The van der Waals surface area contributed by atoms with Gasteiger partial charge in [-0.05, 0) is 45.4 Å². The molecule has 1 fully saturated rings. The molecule has 3 atom stereocenters. The molecule has 1 saturated heterocycles. The fourth-order valence-corrected chi connectivity index (χ4v) is 3.35. The number of piperidine rings is 1. The third-order valence-corrected chi connectivity index (χ3v) is 4.88. The Labute approximate surface area is 135 Å². The number of aliphatic hydroxyl groups excluding tert-OH is 1. The molecule has 0 bridgehead atoms. The number of quaternary nitrogens is 1. The topological polar surface area (TPSA) is 77.0 Å². The maximum Gasteiger partial charge on any atom is 0.132 e. The molecule has 1 rings (SSSR count). The van der Waals surface area contributed by atoms with Gasteiger partial charge in [-0.3, -0.25) is 4.79 Å². The number of carbonyl (C=O) groups excluding carboxylic acids is 1. The van der Waals surface area contributed by atoms with Crippen molar-refractivity contribution in [3.8, 4) is 0 Å². The van der Waals surface area contributed by atoms with Crippen molar-refractivity contribution in [1.82, 2.24) is 0 Å². The minimum Gasteiger partial charge on any atom is -0.848 e. The molecule has 4 heteroatoms. The van der Waals surface area contributed by atoms with Crippen molar-refractivity contribution in [2.75, 3.05) is 6.61 Å². The Kier molecular flexibility index (Phi) is 10.7. The minimum absolute atomic E-state index is 0.237. The Hall–Kier alpha value is -0.450. The summed E-state index contributed by atoms with van der Waals surface area (Å²) in [7, 11) is 0. The molecule has 0 aromatic rings. The number of Topliss-reactive ketones (excluding diaryl/α,β-unsaturated/α-hetero) is 1. The molecule has 0 spiro atoms. The quantitative estimate of drug-likeness (QED) is 0.533. The zero-order valence-electron chi connectivity index (χ0n) is 14.3. The average molecular weight is 313 g/mol. The number of nitrogens with two attached hydrogens (primary N) is 1. The van der Waals surface area contributed by atoms with E-state index in [0.717, 1.165) is 51.4 Å². The Bertz CT molecular complexity index is 296. The van der Waals surface area contributed by atoms with Crippen molar-refractivity contribution in [3.05, 3.63) is 0 Å². The summed E-state index contributed by atoms with van der Waals surface area (Å²) in [5, 5.41) is 22.5. The summed E-state index contributed by atoms with van der Waals surface area (Å²) in [6.07, 6.45) is 11.5. The van der Waals surface area contributed by atoms with E-state index in [2.05, 4.69) is 12.2 Å². The molecule has 22 heavy (non-hydrogen) atoms. The average Bonchev–Trinajstić information content (AvgIpc) is 2.50. The first-order valence-corrected chi connectivity index (χ1v) is 9.27. The van der Waals surface area contributed by atoms with Crippen LogP contribution in [0.5, 0.6) is 0 Å². The summed E-state index contributed by atoms with van der Waals surface area (Å²) < 4.78 is 0. The minimum atomic E-state index is -0.375. The zero-order chi connectivity index (χ0) is 16.2. The van der Waals surface area contributed by atoms with E-state index in [4.69, 9.17) is 5.11 Å². The van der Waals surface area contributed by atoms with E-state index in [1.807, 2.05) is 0 Å². The molecule has 0 saturated carbocycles. The van der Waals surface area contributed by atoms with E-state index in [-0.39, 0.29) is 18.8 Å². The van der Waals surface area contributed by atoms with Gasteiger partial charge in [0.15, 0.2) is 0 Å². The fraction of sp³-hybridized carbons (Fsp3) is 0.944. The molecule has 0 radical (unpaired) electrons. The van der Waals surface area contributed by atoms with Gasteiger partial charge in [-0.25, -0.2) is 0 Å². The van der Waals surface area contributed by atoms with Crippen molar-refractivity contribution < 1.29 is 20.3 Å². The lowest BCUT2D eigenvalue weighted by atomic mass is 9.93. The summed E-state index contributed by atoms with van der Waals surface area (Å²) >= 11 is 0. The normalized spacial score (nSPS) is 25.3. The van der Waals surface area contributed by atoms with Gasteiger partial charge in [0.1, 0.15) is 5.78 Å². The first kappa shape index (κ1) is 19.6. The largest absolute Gasteiger partial charge is 0.848 e. The number of hydrogen-bond donors (Lipinski definition) is 2. The maximum atomic E-state index is 11.7. The van der Waals surface area contributed by atoms with Crippen molar-refractivity contribution in [2.24, 2.45) is 0 Å². The molecule has 3 N–H and O–H groups in total. The standard InChI is InChI=1S/C18H34NO3/c1-15-18(22)13-12-16(19-15)9-5-2-3-6-10-17(21)11-7-4-8-14-20/h15-16,18-20H,2-14H2,1H3/q-1/p+1. The van der Waals surface area contributed by atoms with Crippen LogP contribution in [0.1, 0.15) is 84.0 Å². The SMILES string of the molecule is CC1[NH2+]C(CCCCCCC(=O)CCCCCO)CCC1[O-]. The molecule has 0 amide bonds. The van der Waals surface area contributed by atoms with Crippen LogP contribution in [0, 0.1) is 0 Å². The highest BCUT2D eigenvalue weighted by molar-refractivity contribution is 5.78. The van der Waals surface area contributed by atoms with Gasteiger partial charge in [0.2, 0.25) is 0 Å². The molecule has 0 aliphatic carbocycles. The molecule has 0 aromatic heterocycles. The zero-order valence-corrected chi connectivity index (χ0v) is 14.3. The van der Waals surface area contributed by atoms with E-state index < -0.39 is 0 Å². The predicted octanol–water partition coefficient (Wildman–Crippen LogP) is 1.29. The smallest absolute Gasteiger partial charge is 0.132 e. The molecule has 1 aliphatic rings. The summed E-state index contributed by atoms with van der Waals surface area (Å²) in [5.74, 6) is 0.383. The number of hydrogen-bond acceptors (Lipinski definition) is 3. The Morgan fingerprint density at radius 2 is 1.68 bits per heavy atom. The first-order valence-electron chi connectivity index (χ1n) is 9.27. The summed E-state index contributed by atoms with van der Waals surface area (Å²) in [4.78, 5) is 11.7. The molecule has 1 heterocycles. The van der Waals surface area contributed by atoms with Crippen molar-refractivity contribution >= 4 is 5.78 Å². The molecule has 4 nitrogen and oxygen atoms in total. The number of unbranched alkanes of at least 4 members (excludes halogenated alkanes) is 5. The summed E-state index contributed by atoms with van der Waals surface area (Å²) in [6.45, 7) is 2.29. The first-order chi connectivity index (χ1) is 10.6. The van der Waals surface area contributed by atoms with Crippen molar-refractivity contribution in [3.63, 3.8) is 0 Å². The molecule has 0 aromatic carbocycles. The van der Waals surface area contributed by atoms with Gasteiger partial charge in [-0.2, -0.15) is 0 Å². The van der Waals surface area contributed by atoms with E-state index in [1.54, 1.807) is 0 Å². The highest BCUT2D eigenvalue weighted by atomic mass is 16.3. The third-order valence-electron chi connectivity index (χ3n) is 4.88. The Morgan fingerprint density at radius 3 is 2.32 bits per heavy atom. The van der Waals surface area contributed by atoms with Gasteiger partial charge in [0, 0.05) is 19.4 Å². The van der Waals surface area contributed by atoms with Crippen molar-refractivity contribution in [1.29, 1.82) is 0 Å². The van der Waals surface area contributed by atoms with Gasteiger partial charge in [0.05, 0.1) is 12.1 Å². The van der Waals surface area contributed by atoms with Crippen LogP contribution in [-0.4, -0.2) is 35.7 Å². The second-order valence-electron chi connectivity index (χ2n) is 6.95. The number of rotatable bonds is 12. The van der Waals surface area contributed by atoms with Crippen LogP contribution in [0.4, 0.5) is 0 Å². The molecular formula is C18H35NO3. The fourth-order valence-electron chi connectivity index (χ4n) is 3.35. The van der Waals surface area contributed by atoms with Crippen LogP contribution in [0.15, 0.2) is 0 Å². The lowest BCUT2D eigenvalue weighted by Crippen LogP contribution is -2.99. The van der Waals surface area contributed by atoms with Crippen LogP contribution in [0.25, 0.3) is 0 Å². The van der Waals surface area contributed by atoms with Crippen LogP contribution < -0.4 is 10.4 Å². The van der Waals surface area contributed by atoms with Crippen LogP contribution in [-0.2, 0) is 4.79 Å². The number of aliphatic hydroxyl groups is 1. The second-order valence-corrected chi connectivity index (χ2v) is 6.95. The molecule has 3 unspecified atom stereocenters. The van der Waals surface area contributed by atoms with E-state index in [9.17, 15) is 9.90 Å². The third kappa shape index (κ3) is 8.86. The molecular weight excluding hydrogens is 278 g/mol. The second kappa shape index (κ2) is 12.0. The molecule has 1 aliphatic heterocycles.